The van der Waals surface area contributed by atoms with Crippen LogP contribution in [-0.2, 0) is 14.2 Å². The van der Waals surface area contributed by atoms with Gasteiger partial charge in [0.25, 0.3) is 5.91 Å². The highest BCUT2D eigenvalue weighted by atomic mass is 32.1. The van der Waals surface area contributed by atoms with E-state index in [1.165, 1.54) is 23.8 Å². The molecule has 8 rings (SSSR count). The van der Waals surface area contributed by atoms with Crippen molar-refractivity contribution in [2.24, 2.45) is 0 Å². The molecule has 3 saturated heterocycles. The van der Waals surface area contributed by atoms with Crippen LogP contribution >= 0.6 is 18.9 Å². The van der Waals surface area contributed by atoms with Gasteiger partial charge < -0.3 is 24.9 Å². The normalized spacial score (nSPS) is 30.2. The summed E-state index contributed by atoms with van der Waals surface area (Å²) in [6, 6.07) is 14.5. The smallest absolute Gasteiger partial charge is 0.340 e. The van der Waals surface area contributed by atoms with E-state index in [4.69, 9.17) is 0 Å². The maximum absolute atomic E-state index is 14.7. The van der Waals surface area contributed by atoms with E-state index in [9.17, 15) is 37.5 Å². The van der Waals surface area contributed by atoms with Gasteiger partial charge in [-0.25, -0.2) is 8.78 Å². The Kier molecular flexibility index (Phi) is 9.79. The van der Waals surface area contributed by atoms with Gasteiger partial charge in [-0.15, -0.1) is 11.3 Å². The van der Waals surface area contributed by atoms with Crippen molar-refractivity contribution < 1.29 is 37.5 Å². The summed E-state index contributed by atoms with van der Waals surface area (Å²) in [5.41, 5.74) is 0.874. The van der Waals surface area contributed by atoms with Crippen LogP contribution in [0.4, 0.5) is 8.78 Å². The minimum atomic E-state index is -5.01. The average Bonchev–Trinajstić information content (AvgIpc) is 3.42. The Bertz CT molecular complexity index is 1930. The van der Waals surface area contributed by atoms with E-state index < -0.39 is 37.7 Å². The number of rotatable bonds is 9. The van der Waals surface area contributed by atoms with Gasteiger partial charge in [0.05, 0.1) is 4.88 Å². The predicted molar refractivity (Wildman–Crippen MR) is 198 cm³/mol. The molecule has 2 saturated carbocycles. The lowest BCUT2D eigenvalue weighted by atomic mass is 9.85. The Morgan fingerprint density at radius 1 is 1.04 bits per heavy atom. The number of hydrogen-bond donors (Lipinski definition) is 3. The third-order valence-corrected chi connectivity index (χ3v) is 14.6. The highest BCUT2D eigenvalue weighted by Crippen LogP contribution is 2.55. The monoisotopic (exact) mass is 768 g/mol. The lowest BCUT2D eigenvalue weighted by Gasteiger charge is -2.47. The van der Waals surface area contributed by atoms with Crippen LogP contribution in [0.15, 0.2) is 54.6 Å². The zero-order chi connectivity index (χ0) is 37.2. The number of fused-ring (bicyclic) bond motifs is 2. The van der Waals surface area contributed by atoms with Crippen LogP contribution in [0.3, 0.4) is 0 Å². The molecule has 1 aromatic heterocycles. The molecule has 53 heavy (non-hydrogen) atoms. The number of amides is 3. The number of carbonyl (C=O) groups excluding carboxylic acids is 3. The molecule has 4 heterocycles. The summed E-state index contributed by atoms with van der Waals surface area (Å²) in [7, 11) is -5.01. The Morgan fingerprint density at radius 2 is 1.79 bits per heavy atom. The first-order valence-electron chi connectivity index (χ1n) is 19.0. The number of alkyl halides is 2. The largest absolute Gasteiger partial charge is 0.363 e. The van der Waals surface area contributed by atoms with Crippen molar-refractivity contribution in [1.29, 1.82) is 0 Å². The topological polar surface area (TPSA) is 130 Å². The van der Waals surface area contributed by atoms with E-state index in [1.54, 1.807) is 11.0 Å². The number of benzene rings is 2. The maximum Gasteiger partial charge on any atom is 0.363 e. The second kappa shape index (κ2) is 14.1. The van der Waals surface area contributed by atoms with Gasteiger partial charge in [0.15, 0.2) is 0 Å². The molecule has 6 atom stereocenters. The van der Waals surface area contributed by atoms with E-state index in [2.05, 4.69) is 34.2 Å². The molecule has 3 aliphatic heterocycles. The molecule has 284 valence electrons. The van der Waals surface area contributed by atoms with Crippen molar-refractivity contribution in [3.8, 4) is 0 Å². The van der Waals surface area contributed by atoms with E-state index in [-0.39, 0.29) is 51.8 Å². The first-order chi connectivity index (χ1) is 25.3. The molecule has 10 nitrogen and oxygen atoms in total. The van der Waals surface area contributed by atoms with Gasteiger partial charge in [-0.05, 0) is 105 Å². The summed E-state index contributed by atoms with van der Waals surface area (Å²) in [6.07, 6.45) is 5.91. The lowest BCUT2D eigenvalue weighted by Crippen LogP contribution is -2.60. The van der Waals surface area contributed by atoms with E-state index in [1.807, 2.05) is 18.2 Å². The second-order valence-corrected chi connectivity index (χ2v) is 18.6. The van der Waals surface area contributed by atoms with E-state index in [0.717, 1.165) is 37.1 Å². The molecule has 14 heteroatoms. The van der Waals surface area contributed by atoms with Crippen LogP contribution in [-0.4, -0.2) is 97.2 Å². The van der Waals surface area contributed by atoms with Crippen LogP contribution in [0, 0.1) is 0 Å². The van der Waals surface area contributed by atoms with Crippen molar-refractivity contribution in [2.75, 3.05) is 13.1 Å². The van der Waals surface area contributed by atoms with Crippen LogP contribution in [0.1, 0.15) is 104 Å². The quantitative estimate of drug-likeness (QED) is 0.214. The molecule has 3 N–H and O–H groups in total. The van der Waals surface area contributed by atoms with Crippen molar-refractivity contribution in [3.63, 3.8) is 0 Å². The molecule has 3 aromatic rings. The SMILES string of the molecule is CCN(C1CC(F)C1)[C@H]1CC[C@H](NC(=O)c2cc3cc([C@@H](F)P(=O)(O)O)ccc3s2)C(=O)N2[C@H](CC[C@H]2C(=O)N2C[C@H](c3ccccc3)CC23CC3)C1. The predicted octanol–water partition coefficient (Wildman–Crippen LogP) is 6.43. The maximum atomic E-state index is 14.7. The number of hydrogen-bond acceptors (Lipinski definition) is 6. The van der Waals surface area contributed by atoms with Gasteiger partial charge in [-0.1, -0.05) is 43.3 Å². The fraction of sp³-hybridized carbons (Fsp3) is 0.564. The molecule has 2 aliphatic carbocycles. The lowest BCUT2D eigenvalue weighted by molar-refractivity contribution is -0.148. The number of halogens is 2. The Hall–Kier alpha value is -3.22. The van der Waals surface area contributed by atoms with Crippen molar-refractivity contribution in [3.05, 3.63) is 70.6 Å². The minimum Gasteiger partial charge on any atom is -0.340 e. The zero-order valence-corrected chi connectivity index (χ0v) is 31.5. The Labute approximate surface area is 312 Å². The first kappa shape index (κ1) is 36.7. The number of nitrogens with one attached hydrogen (secondary N) is 1. The molecular formula is C39H47F2N4O6PS. The minimum absolute atomic E-state index is 0.00706. The van der Waals surface area contributed by atoms with Gasteiger partial charge in [0.1, 0.15) is 18.3 Å². The number of likely N-dealkylation sites (tertiary alicyclic amines) is 1. The Balaban J connectivity index is 1.06. The van der Waals surface area contributed by atoms with Crippen LogP contribution in [0.25, 0.3) is 10.1 Å². The van der Waals surface area contributed by atoms with Gasteiger partial charge in [0.2, 0.25) is 17.7 Å². The highest BCUT2D eigenvalue weighted by molar-refractivity contribution is 7.51. The van der Waals surface area contributed by atoms with E-state index >= 15 is 0 Å². The highest BCUT2D eigenvalue weighted by Gasteiger charge is 2.58. The van der Waals surface area contributed by atoms with Crippen LogP contribution in [0.5, 0.6) is 0 Å². The summed E-state index contributed by atoms with van der Waals surface area (Å²) in [4.78, 5) is 68.4. The first-order valence-corrected chi connectivity index (χ1v) is 21.5. The zero-order valence-electron chi connectivity index (χ0n) is 29.8. The Morgan fingerprint density at radius 3 is 2.47 bits per heavy atom. The standard InChI is InChI=1S/C39H47F2N4O6PS/c1-2-43(30-18-27(40)19-30)28-9-11-31(42-36(46)34-17-25-16-24(8-13-33(25)53-34)35(41)52(49,50)51)37(47)45-29(20-28)10-12-32(45)38(48)44-22-26(21-39(44)14-15-39)23-6-4-3-5-7-23/h3-8,13,16-17,26-32,35H,2,9-12,14-15,18-22H2,1H3,(H,42,46)(H2,49,50,51)/t26-,27?,28+,29-,30?,31+,32+,35+/m1/s1. The van der Waals surface area contributed by atoms with Crippen molar-refractivity contribution in [1.82, 2.24) is 20.0 Å². The molecule has 2 aromatic carbocycles. The molecule has 0 bridgehead atoms. The fourth-order valence-electron chi connectivity index (χ4n) is 9.69. The molecular weight excluding hydrogens is 721 g/mol. The third kappa shape index (κ3) is 6.97. The molecule has 5 fully saturated rings. The molecule has 0 unspecified atom stereocenters. The molecule has 0 radical (unpaired) electrons. The summed E-state index contributed by atoms with van der Waals surface area (Å²) in [5, 5.41) is 3.45. The second-order valence-electron chi connectivity index (χ2n) is 15.9. The van der Waals surface area contributed by atoms with Crippen molar-refractivity contribution in [2.45, 2.75) is 125 Å². The number of nitrogens with zero attached hydrogens (tertiary/aromatic N) is 3. The molecule has 1 spiro atoms. The van der Waals surface area contributed by atoms with Crippen molar-refractivity contribution >= 4 is 46.7 Å². The molecule has 3 amide bonds. The summed E-state index contributed by atoms with van der Waals surface area (Å²) < 4.78 is 40.7. The van der Waals surface area contributed by atoms with Gasteiger partial charge in [-0.2, -0.15) is 0 Å². The third-order valence-electron chi connectivity index (χ3n) is 12.6. The molecule has 5 aliphatic rings. The summed E-state index contributed by atoms with van der Waals surface area (Å²) >= 11 is 1.14. The number of thiophene rings is 1. The summed E-state index contributed by atoms with van der Waals surface area (Å²) in [5.74, 6) is -2.99. The van der Waals surface area contributed by atoms with Gasteiger partial charge in [0, 0.05) is 40.8 Å². The summed E-state index contributed by atoms with van der Waals surface area (Å²) in [6.45, 7) is 3.44. The van der Waals surface area contributed by atoms with E-state index in [0.29, 0.717) is 61.6 Å². The van der Waals surface area contributed by atoms with Crippen LogP contribution < -0.4 is 5.32 Å². The average molecular weight is 769 g/mol. The fourth-order valence-corrected chi connectivity index (χ4v) is 11.2. The van der Waals surface area contributed by atoms with Gasteiger partial charge >= 0.3 is 7.60 Å². The number of carbonyl (C=O) groups is 3. The van der Waals surface area contributed by atoms with Gasteiger partial charge in [-0.3, -0.25) is 23.8 Å². The van der Waals surface area contributed by atoms with Crippen LogP contribution in [0.2, 0.25) is 0 Å².